The van der Waals surface area contributed by atoms with E-state index in [4.69, 9.17) is 0 Å². The molecule has 0 radical (unpaired) electrons. The molecular weight excluding hydrogens is 264 g/mol. The van der Waals surface area contributed by atoms with Crippen LogP contribution in [-0.4, -0.2) is 24.6 Å². The molecule has 1 aromatic rings. The number of aryl methyl sites for hydroxylation is 1. The van der Waals surface area contributed by atoms with Crippen LogP contribution in [0.15, 0.2) is 17.2 Å². The number of rotatable bonds is 6. The molecule has 0 saturated heterocycles. The Bertz CT molecular complexity index is 491. The van der Waals surface area contributed by atoms with Crippen LogP contribution in [0.3, 0.4) is 0 Å². The number of aliphatic hydroxyl groups excluding tert-OH is 1. The smallest absolute Gasteiger partial charge is 0.242 e. The van der Waals surface area contributed by atoms with Gasteiger partial charge >= 0.3 is 0 Å². The molecule has 0 aliphatic rings. The molecule has 0 atom stereocenters. The second kappa shape index (κ2) is 6.07. The summed E-state index contributed by atoms with van der Waals surface area (Å²) in [4.78, 5) is 0.215. The number of aromatic nitrogens is 1. The summed E-state index contributed by atoms with van der Waals surface area (Å²) in [6.45, 7) is 9.00. The Morgan fingerprint density at radius 1 is 1.37 bits per heavy atom. The molecule has 19 heavy (non-hydrogen) atoms. The van der Waals surface area contributed by atoms with E-state index in [9.17, 15) is 13.5 Å². The summed E-state index contributed by atoms with van der Waals surface area (Å²) in [5, 5.41) is 9.18. The van der Waals surface area contributed by atoms with E-state index >= 15 is 0 Å². The highest BCUT2D eigenvalue weighted by atomic mass is 32.2. The fourth-order valence-electron chi connectivity index (χ4n) is 1.74. The summed E-state index contributed by atoms with van der Waals surface area (Å²) >= 11 is 0. The molecule has 0 saturated carbocycles. The maximum Gasteiger partial charge on any atom is 0.242 e. The van der Waals surface area contributed by atoms with Gasteiger partial charge in [0.05, 0.1) is 11.5 Å². The zero-order chi connectivity index (χ0) is 14.7. The molecule has 0 bridgehead atoms. The first-order valence-electron chi connectivity index (χ1n) is 6.49. The minimum Gasteiger partial charge on any atom is -0.390 e. The molecule has 0 aromatic carbocycles. The van der Waals surface area contributed by atoms with Crippen LogP contribution in [0.4, 0.5) is 0 Å². The van der Waals surface area contributed by atoms with Crippen molar-refractivity contribution in [2.45, 2.75) is 52.2 Å². The summed E-state index contributed by atoms with van der Waals surface area (Å²) in [6.07, 6.45) is 2.33. The molecule has 0 amide bonds. The number of hydrogen-bond donors (Lipinski definition) is 2. The van der Waals surface area contributed by atoms with Crippen molar-refractivity contribution in [2.24, 2.45) is 5.41 Å². The molecule has 6 heteroatoms. The van der Waals surface area contributed by atoms with Crippen molar-refractivity contribution in [1.82, 2.24) is 9.29 Å². The van der Waals surface area contributed by atoms with Crippen molar-refractivity contribution in [3.63, 3.8) is 0 Å². The Hall–Kier alpha value is -0.850. The number of sulfonamides is 1. The lowest BCUT2D eigenvalue weighted by molar-refractivity contribution is 0.271. The topological polar surface area (TPSA) is 71.3 Å². The van der Waals surface area contributed by atoms with Gasteiger partial charge in [0.2, 0.25) is 10.0 Å². The van der Waals surface area contributed by atoms with E-state index in [1.807, 2.05) is 6.92 Å². The Morgan fingerprint density at radius 3 is 2.42 bits per heavy atom. The van der Waals surface area contributed by atoms with E-state index < -0.39 is 10.0 Å². The van der Waals surface area contributed by atoms with Gasteiger partial charge in [-0.2, -0.15) is 0 Å². The number of hydrogen-bond acceptors (Lipinski definition) is 3. The lowest BCUT2D eigenvalue weighted by Gasteiger charge is -2.17. The molecule has 0 aliphatic carbocycles. The van der Waals surface area contributed by atoms with Gasteiger partial charge in [-0.25, -0.2) is 13.1 Å². The minimum atomic E-state index is -3.49. The maximum absolute atomic E-state index is 12.1. The Labute approximate surface area is 115 Å². The van der Waals surface area contributed by atoms with Crippen molar-refractivity contribution < 1.29 is 13.5 Å². The van der Waals surface area contributed by atoms with Crippen molar-refractivity contribution in [3.8, 4) is 0 Å². The summed E-state index contributed by atoms with van der Waals surface area (Å²) in [5.41, 5.74) is 0.701. The molecule has 0 unspecified atom stereocenters. The molecule has 0 spiro atoms. The molecule has 1 aromatic heterocycles. The molecule has 110 valence electrons. The highest BCUT2D eigenvalue weighted by Gasteiger charge is 2.19. The predicted octanol–water partition coefficient (Wildman–Crippen LogP) is 1.71. The van der Waals surface area contributed by atoms with Gasteiger partial charge < -0.3 is 9.67 Å². The van der Waals surface area contributed by atoms with Crippen LogP contribution in [0.25, 0.3) is 0 Å². The highest BCUT2D eigenvalue weighted by Crippen LogP contribution is 2.19. The predicted molar refractivity (Wildman–Crippen MR) is 75.3 cm³/mol. The van der Waals surface area contributed by atoms with Crippen LogP contribution in [-0.2, 0) is 23.2 Å². The molecule has 0 aliphatic heterocycles. The van der Waals surface area contributed by atoms with E-state index in [1.165, 1.54) is 6.07 Å². The van der Waals surface area contributed by atoms with Crippen LogP contribution in [0.2, 0.25) is 0 Å². The normalized spacial score (nSPS) is 12.9. The Balaban J connectivity index is 2.80. The van der Waals surface area contributed by atoms with Crippen molar-refractivity contribution >= 4 is 10.0 Å². The number of aliphatic hydroxyl groups is 1. The molecule has 0 fully saturated rings. The van der Waals surface area contributed by atoms with E-state index in [0.717, 1.165) is 6.42 Å². The lowest BCUT2D eigenvalue weighted by Crippen LogP contribution is -2.27. The van der Waals surface area contributed by atoms with Crippen LogP contribution in [0.5, 0.6) is 0 Å². The van der Waals surface area contributed by atoms with Gasteiger partial charge in [0, 0.05) is 25.0 Å². The molecule has 5 nitrogen and oxygen atoms in total. The SMILES string of the molecule is CCn1cc(S(=O)(=O)NCCC(C)(C)C)cc1CO. The summed E-state index contributed by atoms with van der Waals surface area (Å²) in [7, 11) is -3.49. The zero-order valence-electron chi connectivity index (χ0n) is 12.1. The summed E-state index contributed by atoms with van der Waals surface area (Å²) in [6, 6.07) is 1.52. The highest BCUT2D eigenvalue weighted by molar-refractivity contribution is 7.89. The van der Waals surface area contributed by atoms with Crippen molar-refractivity contribution in [1.29, 1.82) is 0 Å². The van der Waals surface area contributed by atoms with Crippen LogP contribution < -0.4 is 4.72 Å². The van der Waals surface area contributed by atoms with E-state index in [0.29, 0.717) is 18.8 Å². The average molecular weight is 288 g/mol. The summed E-state index contributed by atoms with van der Waals surface area (Å²) in [5.74, 6) is 0. The van der Waals surface area contributed by atoms with E-state index in [-0.39, 0.29) is 16.9 Å². The summed E-state index contributed by atoms with van der Waals surface area (Å²) < 4.78 is 28.6. The van der Waals surface area contributed by atoms with E-state index in [1.54, 1.807) is 10.8 Å². The van der Waals surface area contributed by atoms with Gasteiger partial charge in [-0.3, -0.25) is 0 Å². The minimum absolute atomic E-state index is 0.0914. The zero-order valence-corrected chi connectivity index (χ0v) is 12.9. The average Bonchev–Trinajstić information content (AvgIpc) is 2.70. The first kappa shape index (κ1) is 16.2. The fourth-order valence-corrected chi connectivity index (χ4v) is 2.84. The van der Waals surface area contributed by atoms with Gasteiger partial charge in [0.15, 0.2) is 0 Å². The van der Waals surface area contributed by atoms with Crippen molar-refractivity contribution in [2.75, 3.05) is 6.54 Å². The quantitative estimate of drug-likeness (QED) is 0.837. The second-order valence-electron chi connectivity index (χ2n) is 5.82. The molecule has 1 rings (SSSR count). The monoisotopic (exact) mass is 288 g/mol. The number of nitrogens with one attached hydrogen (secondary N) is 1. The third kappa shape index (κ3) is 4.63. The van der Waals surface area contributed by atoms with Crippen LogP contribution in [0.1, 0.15) is 39.8 Å². The van der Waals surface area contributed by atoms with Crippen molar-refractivity contribution in [3.05, 3.63) is 18.0 Å². The number of nitrogens with zero attached hydrogens (tertiary/aromatic N) is 1. The first-order chi connectivity index (χ1) is 8.69. The van der Waals surface area contributed by atoms with Crippen LogP contribution >= 0.6 is 0 Å². The van der Waals surface area contributed by atoms with E-state index in [2.05, 4.69) is 25.5 Å². The molecule has 2 N–H and O–H groups in total. The van der Waals surface area contributed by atoms with Gasteiger partial charge in [0.25, 0.3) is 0 Å². The third-order valence-corrected chi connectivity index (χ3v) is 4.37. The largest absolute Gasteiger partial charge is 0.390 e. The Kier molecular flexibility index (Phi) is 5.18. The lowest BCUT2D eigenvalue weighted by atomic mass is 9.93. The first-order valence-corrected chi connectivity index (χ1v) is 7.97. The third-order valence-electron chi connectivity index (χ3n) is 2.94. The fraction of sp³-hybridized carbons (Fsp3) is 0.692. The standard InChI is InChI=1S/C13H24N2O3S/c1-5-15-9-12(8-11(15)10-16)19(17,18)14-7-6-13(2,3)4/h8-9,14,16H,5-7,10H2,1-4H3. The van der Waals surface area contributed by atoms with Crippen LogP contribution in [0, 0.1) is 5.41 Å². The molecular formula is C13H24N2O3S. The Morgan fingerprint density at radius 2 is 2.00 bits per heavy atom. The van der Waals surface area contributed by atoms with Gasteiger partial charge in [0.1, 0.15) is 0 Å². The second-order valence-corrected chi connectivity index (χ2v) is 7.59. The van der Waals surface area contributed by atoms with Gasteiger partial charge in [-0.05, 0) is 24.8 Å². The van der Waals surface area contributed by atoms with Gasteiger partial charge in [-0.15, -0.1) is 0 Å². The molecule has 1 heterocycles. The van der Waals surface area contributed by atoms with Gasteiger partial charge in [-0.1, -0.05) is 20.8 Å². The maximum atomic E-state index is 12.1.